The van der Waals surface area contributed by atoms with Gasteiger partial charge in [-0.2, -0.15) is 0 Å². The largest absolute Gasteiger partial charge is 0.495 e. The van der Waals surface area contributed by atoms with Gasteiger partial charge in [-0.3, -0.25) is 4.79 Å². The number of para-hydroxylation sites is 3. The molecule has 5 nitrogen and oxygen atoms in total. The molecule has 1 saturated heterocycles. The minimum atomic E-state index is -0.0200. The summed E-state index contributed by atoms with van der Waals surface area (Å²) < 4.78 is 5.47. The molecular weight excluding hydrogens is 314 g/mol. The van der Waals surface area contributed by atoms with E-state index in [2.05, 4.69) is 21.2 Å². The zero-order valence-electron chi connectivity index (χ0n) is 14.2. The van der Waals surface area contributed by atoms with Crippen molar-refractivity contribution in [1.29, 1.82) is 0 Å². The van der Waals surface area contributed by atoms with Crippen LogP contribution in [0.2, 0.25) is 0 Å². The molecule has 2 aliphatic heterocycles. The van der Waals surface area contributed by atoms with Crippen LogP contribution in [0.1, 0.15) is 5.56 Å². The van der Waals surface area contributed by atoms with Gasteiger partial charge in [-0.05, 0) is 18.2 Å². The normalized spacial score (nSPS) is 18.3. The first-order valence-electron chi connectivity index (χ1n) is 8.51. The molecule has 128 valence electrons. The number of piperazine rings is 1. The van der Waals surface area contributed by atoms with E-state index in [1.54, 1.807) is 7.11 Å². The van der Waals surface area contributed by atoms with Gasteiger partial charge in [0.25, 0.3) is 5.91 Å². The number of benzene rings is 2. The molecule has 0 bridgehead atoms. The van der Waals surface area contributed by atoms with Crippen molar-refractivity contribution in [3.63, 3.8) is 0 Å². The van der Waals surface area contributed by atoms with Crippen molar-refractivity contribution in [3.05, 3.63) is 60.3 Å². The first kappa shape index (κ1) is 15.6. The maximum absolute atomic E-state index is 12.2. The van der Waals surface area contributed by atoms with E-state index in [-0.39, 0.29) is 5.91 Å². The zero-order chi connectivity index (χ0) is 17.2. The van der Waals surface area contributed by atoms with Gasteiger partial charge in [0.1, 0.15) is 5.75 Å². The van der Waals surface area contributed by atoms with Gasteiger partial charge in [0, 0.05) is 43.6 Å². The number of rotatable bonds is 3. The monoisotopic (exact) mass is 335 g/mol. The van der Waals surface area contributed by atoms with Gasteiger partial charge in [-0.15, -0.1) is 0 Å². The molecule has 0 unspecified atom stereocenters. The van der Waals surface area contributed by atoms with E-state index in [0.29, 0.717) is 0 Å². The van der Waals surface area contributed by atoms with Crippen LogP contribution >= 0.6 is 0 Å². The fourth-order valence-corrected chi connectivity index (χ4v) is 3.43. The molecule has 1 N–H and O–H groups in total. The highest BCUT2D eigenvalue weighted by molar-refractivity contribution is 6.31. The van der Waals surface area contributed by atoms with Gasteiger partial charge < -0.3 is 19.9 Å². The van der Waals surface area contributed by atoms with E-state index in [0.717, 1.165) is 54.4 Å². The predicted octanol–water partition coefficient (Wildman–Crippen LogP) is 2.81. The number of carbonyl (C=O) groups excluding carboxylic acids is 1. The number of anilines is 2. The topological polar surface area (TPSA) is 44.8 Å². The molecule has 2 heterocycles. The molecule has 0 spiro atoms. The van der Waals surface area contributed by atoms with Crippen LogP contribution in [-0.2, 0) is 4.79 Å². The molecule has 0 saturated carbocycles. The van der Waals surface area contributed by atoms with Gasteiger partial charge in [-0.25, -0.2) is 0 Å². The van der Waals surface area contributed by atoms with Crippen LogP contribution in [0.3, 0.4) is 0 Å². The highest BCUT2D eigenvalue weighted by atomic mass is 16.5. The Morgan fingerprint density at radius 3 is 2.52 bits per heavy atom. The molecule has 1 fully saturated rings. The van der Waals surface area contributed by atoms with Crippen LogP contribution in [0.5, 0.6) is 5.75 Å². The van der Waals surface area contributed by atoms with E-state index < -0.39 is 0 Å². The summed E-state index contributed by atoms with van der Waals surface area (Å²) in [4.78, 5) is 16.8. The Morgan fingerprint density at radius 1 is 1.00 bits per heavy atom. The molecule has 25 heavy (non-hydrogen) atoms. The van der Waals surface area contributed by atoms with E-state index in [9.17, 15) is 4.79 Å². The average molecular weight is 335 g/mol. The van der Waals surface area contributed by atoms with Crippen LogP contribution in [0.15, 0.2) is 54.7 Å². The third-order valence-corrected chi connectivity index (χ3v) is 4.76. The molecule has 0 radical (unpaired) electrons. The minimum absolute atomic E-state index is 0.0200. The molecule has 0 aromatic heterocycles. The maximum atomic E-state index is 12.2. The van der Waals surface area contributed by atoms with Gasteiger partial charge in [0.2, 0.25) is 0 Å². The van der Waals surface area contributed by atoms with Gasteiger partial charge in [0.05, 0.1) is 18.4 Å². The summed E-state index contributed by atoms with van der Waals surface area (Å²) in [5.74, 6) is 0.881. The lowest BCUT2D eigenvalue weighted by atomic mass is 10.1. The molecular formula is C20H21N3O2. The number of carbonyl (C=O) groups is 1. The smallest absolute Gasteiger partial charge is 0.257 e. The molecule has 2 aliphatic rings. The molecule has 2 aromatic carbocycles. The number of hydrogen-bond donors (Lipinski definition) is 1. The average Bonchev–Trinajstić information content (AvgIpc) is 2.98. The Kier molecular flexibility index (Phi) is 4.06. The SMILES string of the molecule is COc1ccccc1N1CCN(/C=C2/C(=O)Nc3ccccc32)CC1. The van der Waals surface area contributed by atoms with E-state index >= 15 is 0 Å². The van der Waals surface area contributed by atoms with E-state index in [1.165, 1.54) is 0 Å². The first-order chi connectivity index (χ1) is 12.3. The van der Waals surface area contributed by atoms with Crippen molar-refractivity contribution < 1.29 is 9.53 Å². The van der Waals surface area contributed by atoms with Crippen LogP contribution in [0, 0.1) is 0 Å². The summed E-state index contributed by atoms with van der Waals surface area (Å²) in [5.41, 5.74) is 3.76. The summed E-state index contributed by atoms with van der Waals surface area (Å²) in [6.07, 6.45) is 2.00. The number of ether oxygens (including phenoxy) is 1. The van der Waals surface area contributed by atoms with Crippen molar-refractivity contribution in [3.8, 4) is 5.75 Å². The van der Waals surface area contributed by atoms with E-state index in [4.69, 9.17) is 4.74 Å². The van der Waals surface area contributed by atoms with Crippen LogP contribution in [-0.4, -0.2) is 44.1 Å². The Morgan fingerprint density at radius 2 is 1.72 bits per heavy atom. The predicted molar refractivity (Wildman–Crippen MR) is 99.8 cm³/mol. The summed E-state index contributed by atoms with van der Waals surface area (Å²) in [6, 6.07) is 15.9. The molecule has 0 aliphatic carbocycles. The molecule has 1 amide bonds. The number of nitrogens with zero attached hydrogens (tertiary/aromatic N) is 2. The van der Waals surface area contributed by atoms with Gasteiger partial charge in [0.15, 0.2) is 0 Å². The third-order valence-electron chi connectivity index (χ3n) is 4.76. The quantitative estimate of drug-likeness (QED) is 0.876. The van der Waals surface area contributed by atoms with Crippen LogP contribution < -0.4 is 15.0 Å². The Labute approximate surface area is 147 Å². The number of nitrogens with one attached hydrogen (secondary N) is 1. The van der Waals surface area contributed by atoms with E-state index in [1.807, 2.05) is 48.7 Å². The third kappa shape index (κ3) is 2.93. The lowest BCUT2D eigenvalue weighted by Gasteiger charge is -2.36. The Bertz CT molecular complexity index is 823. The molecule has 5 heteroatoms. The lowest BCUT2D eigenvalue weighted by molar-refractivity contribution is -0.110. The highest BCUT2D eigenvalue weighted by Crippen LogP contribution is 2.32. The number of methoxy groups -OCH3 is 1. The second kappa shape index (κ2) is 6.51. The van der Waals surface area contributed by atoms with Crippen molar-refractivity contribution >= 4 is 22.9 Å². The number of fused-ring (bicyclic) bond motifs is 1. The Hall–Kier alpha value is -2.95. The van der Waals surface area contributed by atoms with Crippen molar-refractivity contribution in [2.45, 2.75) is 0 Å². The fraction of sp³-hybridized carbons (Fsp3) is 0.250. The summed E-state index contributed by atoms with van der Waals surface area (Å²) in [6.45, 7) is 3.54. The van der Waals surface area contributed by atoms with Gasteiger partial charge in [-0.1, -0.05) is 30.3 Å². The number of hydrogen-bond acceptors (Lipinski definition) is 4. The molecule has 2 aromatic rings. The second-order valence-electron chi connectivity index (χ2n) is 6.24. The summed E-state index contributed by atoms with van der Waals surface area (Å²) in [7, 11) is 1.70. The van der Waals surface area contributed by atoms with Crippen LogP contribution in [0.25, 0.3) is 5.57 Å². The maximum Gasteiger partial charge on any atom is 0.257 e. The van der Waals surface area contributed by atoms with Crippen molar-refractivity contribution in [2.24, 2.45) is 0 Å². The van der Waals surface area contributed by atoms with Crippen LogP contribution in [0.4, 0.5) is 11.4 Å². The Balaban J connectivity index is 1.49. The lowest BCUT2D eigenvalue weighted by Crippen LogP contribution is -2.44. The van der Waals surface area contributed by atoms with Crippen molar-refractivity contribution in [2.75, 3.05) is 43.5 Å². The second-order valence-corrected chi connectivity index (χ2v) is 6.24. The van der Waals surface area contributed by atoms with Crippen molar-refractivity contribution in [1.82, 2.24) is 4.90 Å². The number of amides is 1. The summed E-state index contributed by atoms with van der Waals surface area (Å²) in [5, 5.41) is 2.93. The fourth-order valence-electron chi connectivity index (χ4n) is 3.43. The molecule has 0 atom stereocenters. The molecule has 4 rings (SSSR count). The van der Waals surface area contributed by atoms with Gasteiger partial charge >= 0.3 is 0 Å². The standard InChI is InChI=1S/C20H21N3O2/c1-25-19-9-5-4-8-18(19)23-12-10-22(11-13-23)14-16-15-6-2-3-7-17(15)21-20(16)24/h2-9,14H,10-13H2,1H3,(H,21,24)/b16-14+. The zero-order valence-corrected chi connectivity index (χ0v) is 14.2. The first-order valence-corrected chi connectivity index (χ1v) is 8.51. The summed E-state index contributed by atoms with van der Waals surface area (Å²) >= 11 is 0. The highest BCUT2D eigenvalue weighted by Gasteiger charge is 2.25. The minimum Gasteiger partial charge on any atom is -0.495 e.